The molecule has 0 amide bonds. The molecule has 0 fully saturated rings. The first kappa shape index (κ1) is 15.7. The van der Waals surface area contributed by atoms with Gasteiger partial charge < -0.3 is 19.5 Å². The minimum Gasteiger partial charge on any atom is -0.493 e. The van der Waals surface area contributed by atoms with E-state index in [2.05, 4.69) is 10.1 Å². The predicted octanol–water partition coefficient (Wildman–Crippen LogP) is 2.42. The maximum atomic E-state index is 12.2. The van der Waals surface area contributed by atoms with Gasteiger partial charge in [0.2, 0.25) is 0 Å². The van der Waals surface area contributed by atoms with Crippen molar-refractivity contribution in [3.05, 3.63) is 23.8 Å². The second-order valence-electron chi connectivity index (χ2n) is 3.74. The highest BCUT2D eigenvalue weighted by molar-refractivity contribution is 5.42. The van der Waals surface area contributed by atoms with E-state index in [1.54, 1.807) is 18.2 Å². The molecule has 0 unspecified atom stereocenters. The van der Waals surface area contributed by atoms with Crippen LogP contribution in [0.25, 0.3) is 0 Å². The number of alkyl halides is 2. The highest BCUT2D eigenvalue weighted by Crippen LogP contribution is 2.29. The van der Waals surface area contributed by atoms with Gasteiger partial charge in [0.1, 0.15) is 0 Å². The number of hydrogen-bond donors (Lipinski definition) is 1. The van der Waals surface area contributed by atoms with Crippen molar-refractivity contribution in [1.82, 2.24) is 5.32 Å². The summed E-state index contributed by atoms with van der Waals surface area (Å²) in [4.78, 5) is 0. The molecule has 0 aliphatic heterocycles. The molecular weight excluding hydrogens is 256 g/mol. The first-order valence-electron chi connectivity index (χ1n) is 6.07. The van der Waals surface area contributed by atoms with Crippen LogP contribution in [0.2, 0.25) is 0 Å². The summed E-state index contributed by atoms with van der Waals surface area (Å²) in [5.41, 5.74) is 0.841. The molecule has 0 saturated carbocycles. The molecule has 0 bridgehead atoms. The molecule has 6 heteroatoms. The van der Waals surface area contributed by atoms with Crippen molar-refractivity contribution in [2.24, 2.45) is 0 Å². The van der Waals surface area contributed by atoms with Gasteiger partial charge >= 0.3 is 6.61 Å². The second kappa shape index (κ2) is 8.66. The van der Waals surface area contributed by atoms with Crippen LogP contribution in [-0.2, 0) is 11.3 Å². The fourth-order valence-electron chi connectivity index (χ4n) is 1.54. The monoisotopic (exact) mass is 275 g/mol. The lowest BCUT2D eigenvalue weighted by Gasteiger charge is -2.12. The van der Waals surface area contributed by atoms with Crippen molar-refractivity contribution in [1.29, 1.82) is 0 Å². The fraction of sp³-hybridized carbons (Fsp3) is 0.538. The summed E-state index contributed by atoms with van der Waals surface area (Å²) < 4.78 is 39.0. The Labute approximate surface area is 111 Å². The Bertz CT molecular complexity index is 375. The summed E-state index contributed by atoms with van der Waals surface area (Å²) >= 11 is 0. The van der Waals surface area contributed by atoms with Crippen LogP contribution in [0.3, 0.4) is 0 Å². The van der Waals surface area contributed by atoms with Crippen LogP contribution < -0.4 is 14.8 Å². The highest BCUT2D eigenvalue weighted by Gasteiger charge is 2.11. The van der Waals surface area contributed by atoms with E-state index in [0.29, 0.717) is 32.1 Å². The number of rotatable bonds is 9. The second-order valence-corrected chi connectivity index (χ2v) is 3.74. The van der Waals surface area contributed by atoms with Crippen LogP contribution in [0, 0.1) is 0 Å². The summed E-state index contributed by atoms with van der Waals surface area (Å²) in [6.45, 7) is 1.61. The van der Waals surface area contributed by atoms with Crippen LogP contribution in [0.15, 0.2) is 18.2 Å². The van der Waals surface area contributed by atoms with Crippen molar-refractivity contribution in [3.63, 3.8) is 0 Å². The molecule has 19 heavy (non-hydrogen) atoms. The highest BCUT2D eigenvalue weighted by atomic mass is 19.3. The molecule has 1 rings (SSSR count). The van der Waals surface area contributed by atoms with Gasteiger partial charge in [-0.1, -0.05) is 6.07 Å². The van der Waals surface area contributed by atoms with Gasteiger partial charge in [0.15, 0.2) is 11.5 Å². The summed E-state index contributed by atoms with van der Waals surface area (Å²) in [5, 5.41) is 3.15. The van der Waals surface area contributed by atoms with Gasteiger partial charge in [-0.2, -0.15) is 8.78 Å². The van der Waals surface area contributed by atoms with Crippen LogP contribution in [0.4, 0.5) is 8.78 Å². The maximum Gasteiger partial charge on any atom is 0.387 e. The number of ether oxygens (including phenoxy) is 3. The Morgan fingerprint density at radius 1 is 1.26 bits per heavy atom. The van der Waals surface area contributed by atoms with E-state index in [4.69, 9.17) is 9.47 Å². The van der Waals surface area contributed by atoms with Gasteiger partial charge in [-0.25, -0.2) is 0 Å². The largest absolute Gasteiger partial charge is 0.493 e. The van der Waals surface area contributed by atoms with Crippen LogP contribution in [-0.4, -0.2) is 33.5 Å². The van der Waals surface area contributed by atoms with E-state index in [-0.39, 0.29) is 5.75 Å². The Balaban J connectivity index is 2.54. The molecular formula is C13H19F2NO3. The molecule has 0 aromatic heterocycles. The zero-order chi connectivity index (χ0) is 14.1. The fourth-order valence-corrected chi connectivity index (χ4v) is 1.54. The average molecular weight is 275 g/mol. The maximum absolute atomic E-state index is 12.2. The van der Waals surface area contributed by atoms with E-state index < -0.39 is 6.61 Å². The third kappa shape index (κ3) is 5.85. The molecule has 0 aliphatic carbocycles. The average Bonchev–Trinajstić information content (AvgIpc) is 2.38. The van der Waals surface area contributed by atoms with Crippen LogP contribution in [0.5, 0.6) is 11.5 Å². The van der Waals surface area contributed by atoms with Crippen molar-refractivity contribution in [2.75, 3.05) is 26.9 Å². The lowest BCUT2D eigenvalue weighted by atomic mass is 10.2. The summed E-state index contributed by atoms with van der Waals surface area (Å²) in [6, 6.07) is 4.95. The zero-order valence-electron chi connectivity index (χ0n) is 11.1. The van der Waals surface area contributed by atoms with E-state index >= 15 is 0 Å². The Morgan fingerprint density at radius 3 is 2.68 bits per heavy atom. The van der Waals surface area contributed by atoms with E-state index in [0.717, 1.165) is 5.56 Å². The molecule has 0 atom stereocenters. The van der Waals surface area contributed by atoms with Gasteiger partial charge in [-0.05, 0) is 24.6 Å². The van der Waals surface area contributed by atoms with Gasteiger partial charge in [0.05, 0.1) is 13.7 Å². The Kier molecular flexibility index (Phi) is 7.14. The van der Waals surface area contributed by atoms with Gasteiger partial charge in [-0.15, -0.1) is 0 Å². The molecule has 0 saturated heterocycles. The zero-order valence-corrected chi connectivity index (χ0v) is 11.1. The summed E-state index contributed by atoms with van der Waals surface area (Å²) in [5.74, 6) is 0.333. The van der Waals surface area contributed by atoms with Crippen molar-refractivity contribution in [2.45, 2.75) is 20.1 Å². The lowest BCUT2D eigenvalue weighted by molar-refractivity contribution is -0.0512. The van der Waals surface area contributed by atoms with E-state index in [1.807, 2.05) is 6.92 Å². The molecule has 0 heterocycles. The number of nitrogens with one attached hydrogen (secondary N) is 1. The molecule has 0 radical (unpaired) electrons. The molecule has 1 aromatic carbocycles. The predicted molar refractivity (Wildman–Crippen MR) is 67.8 cm³/mol. The standard InChI is InChI=1S/C13H19F2NO3/c1-3-18-7-6-16-9-10-4-5-11(17-2)12(8-10)19-13(14)15/h4-5,8,13,16H,3,6-7,9H2,1-2H3. The van der Waals surface area contributed by atoms with Crippen molar-refractivity contribution in [3.8, 4) is 11.5 Å². The first-order chi connectivity index (χ1) is 9.17. The van der Waals surface area contributed by atoms with Crippen molar-refractivity contribution >= 4 is 0 Å². The third-order valence-corrected chi connectivity index (χ3v) is 2.40. The van der Waals surface area contributed by atoms with Gasteiger partial charge in [0.25, 0.3) is 0 Å². The SMILES string of the molecule is CCOCCNCc1ccc(OC)c(OC(F)F)c1. The topological polar surface area (TPSA) is 39.7 Å². The molecule has 0 spiro atoms. The minimum atomic E-state index is -2.87. The summed E-state index contributed by atoms with van der Waals surface area (Å²) in [7, 11) is 1.41. The van der Waals surface area contributed by atoms with Crippen LogP contribution >= 0.6 is 0 Å². The molecule has 108 valence electrons. The Hall–Kier alpha value is -1.40. The van der Waals surface area contributed by atoms with Crippen LogP contribution in [0.1, 0.15) is 12.5 Å². The number of benzene rings is 1. The van der Waals surface area contributed by atoms with E-state index in [1.165, 1.54) is 7.11 Å². The number of hydrogen-bond acceptors (Lipinski definition) is 4. The third-order valence-electron chi connectivity index (χ3n) is 2.40. The Morgan fingerprint density at radius 2 is 2.05 bits per heavy atom. The number of halogens is 2. The van der Waals surface area contributed by atoms with E-state index in [9.17, 15) is 8.78 Å². The lowest BCUT2D eigenvalue weighted by Crippen LogP contribution is -2.19. The minimum absolute atomic E-state index is 0.0432. The van der Waals surface area contributed by atoms with Crippen molar-refractivity contribution < 1.29 is 23.0 Å². The quantitative estimate of drug-likeness (QED) is 0.703. The summed E-state index contributed by atoms with van der Waals surface area (Å²) in [6.07, 6.45) is 0. The normalized spacial score (nSPS) is 10.8. The molecule has 4 nitrogen and oxygen atoms in total. The molecule has 0 aliphatic rings. The first-order valence-corrected chi connectivity index (χ1v) is 6.07. The van der Waals surface area contributed by atoms with Gasteiger partial charge in [-0.3, -0.25) is 0 Å². The molecule has 1 aromatic rings. The smallest absolute Gasteiger partial charge is 0.387 e. The van der Waals surface area contributed by atoms with Gasteiger partial charge in [0, 0.05) is 19.7 Å². The molecule has 1 N–H and O–H groups in total. The number of methoxy groups -OCH3 is 1.